The highest BCUT2D eigenvalue weighted by Crippen LogP contribution is 2.34. The standard InChI is InChI=1S/C16H21FN2O2/c1-18-16(11-3-2-6-21-9-11)12-7-10-4-5-15(20)19-14(10)8-13(12)17/h7-8,11,16,18H,2-6,9H2,1H3,(H,19,20). The highest BCUT2D eigenvalue weighted by Gasteiger charge is 2.28. The fraction of sp³-hybridized carbons (Fsp3) is 0.562. The Labute approximate surface area is 124 Å². The van der Waals surface area contributed by atoms with Gasteiger partial charge in [-0.15, -0.1) is 0 Å². The molecular weight excluding hydrogens is 271 g/mol. The second kappa shape index (κ2) is 6.12. The molecule has 1 aromatic rings. The summed E-state index contributed by atoms with van der Waals surface area (Å²) >= 11 is 0. The largest absolute Gasteiger partial charge is 0.381 e. The van der Waals surface area contributed by atoms with Gasteiger partial charge in [0.05, 0.1) is 6.61 Å². The predicted octanol–water partition coefficient (Wildman–Crippen LogP) is 2.40. The molecule has 2 unspecified atom stereocenters. The number of amides is 1. The molecule has 1 saturated heterocycles. The van der Waals surface area contributed by atoms with Crippen LogP contribution in [0.15, 0.2) is 12.1 Å². The summed E-state index contributed by atoms with van der Waals surface area (Å²) in [7, 11) is 1.86. The number of benzene rings is 1. The van der Waals surface area contributed by atoms with Gasteiger partial charge in [0.2, 0.25) is 5.91 Å². The summed E-state index contributed by atoms with van der Waals surface area (Å²) in [5.74, 6) is -0.0177. The number of hydrogen-bond acceptors (Lipinski definition) is 3. The Kier molecular flexibility index (Phi) is 4.22. The highest BCUT2D eigenvalue weighted by atomic mass is 19.1. The van der Waals surface area contributed by atoms with Gasteiger partial charge in [-0.2, -0.15) is 0 Å². The lowest BCUT2D eigenvalue weighted by Gasteiger charge is -2.31. The average Bonchev–Trinajstić information content (AvgIpc) is 2.50. The van der Waals surface area contributed by atoms with Crippen LogP contribution in [0.2, 0.25) is 0 Å². The van der Waals surface area contributed by atoms with Crippen molar-refractivity contribution in [2.24, 2.45) is 5.92 Å². The first-order valence-electron chi connectivity index (χ1n) is 7.56. The van der Waals surface area contributed by atoms with Gasteiger partial charge in [-0.25, -0.2) is 4.39 Å². The molecule has 21 heavy (non-hydrogen) atoms. The van der Waals surface area contributed by atoms with Crippen LogP contribution in [0.4, 0.5) is 10.1 Å². The summed E-state index contributed by atoms with van der Waals surface area (Å²) in [6, 6.07) is 3.31. The van der Waals surface area contributed by atoms with E-state index >= 15 is 0 Å². The van der Waals surface area contributed by atoms with Gasteiger partial charge < -0.3 is 15.4 Å². The average molecular weight is 292 g/mol. The topological polar surface area (TPSA) is 50.4 Å². The molecule has 114 valence electrons. The van der Waals surface area contributed by atoms with E-state index in [0.717, 1.165) is 25.0 Å². The Morgan fingerprint density at radius 2 is 2.29 bits per heavy atom. The molecule has 2 N–H and O–H groups in total. The van der Waals surface area contributed by atoms with Crippen LogP contribution in [0.25, 0.3) is 0 Å². The summed E-state index contributed by atoms with van der Waals surface area (Å²) in [4.78, 5) is 11.4. The maximum atomic E-state index is 14.5. The number of nitrogens with one attached hydrogen (secondary N) is 2. The molecule has 2 aliphatic rings. The molecule has 4 nitrogen and oxygen atoms in total. The quantitative estimate of drug-likeness (QED) is 0.899. The zero-order valence-electron chi connectivity index (χ0n) is 12.2. The second-order valence-corrected chi connectivity index (χ2v) is 5.82. The molecule has 0 radical (unpaired) electrons. The van der Waals surface area contributed by atoms with Gasteiger partial charge in [-0.05, 0) is 44.0 Å². The second-order valence-electron chi connectivity index (χ2n) is 5.82. The van der Waals surface area contributed by atoms with E-state index in [0.29, 0.717) is 30.7 Å². The van der Waals surface area contributed by atoms with E-state index in [1.54, 1.807) is 0 Å². The van der Waals surface area contributed by atoms with Crippen LogP contribution in [0.3, 0.4) is 0 Å². The van der Waals surface area contributed by atoms with Gasteiger partial charge in [0, 0.05) is 36.2 Å². The van der Waals surface area contributed by atoms with Crippen LogP contribution in [0, 0.1) is 11.7 Å². The lowest BCUT2D eigenvalue weighted by Crippen LogP contribution is -2.32. The summed E-state index contributed by atoms with van der Waals surface area (Å²) in [6.45, 7) is 1.46. The van der Waals surface area contributed by atoms with Crippen LogP contribution in [-0.2, 0) is 16.0 Å². The minimum Gasteiger partial charge on any atom is -0.381 e. The third-order valence-corrected chi connectivity index (χ3v) is 4.43. The molecule has 1 fully saturated rings. The van der Waals surface area contributed by atoms with Crippen molar-refractivity contribution < 1.29 is 13.9 Å². The van der Waals surface area contributed by atoms with Crippen LogP contribution in [0.1, 0.15) is 36.4 Å². The zero-order valence-corrected chi connectivity index (χ0v) is 12.2. The van der Waals surface area contributed by atoms with E-state index in [2.05, 4.69) is 10.6 Å². The first-order valence-corrected chi connectivity index (χ1v) is 7.56. The number of fused-ring (bicyclic) bond motifs is 1. The Morgan fingerprint density at radius 3 is 3.00 bits per heavy atom. The SMILES string of the molecule is CNC(c1cc2c(cc1F)NC(=O)CC2)C1CCCOC1. The summed E-state index contributed by atoms with van der Waals surface area (Å²) in [6.07, 6.45) is 3.20. The van der Waals surface area contributed by atoms with Crippen molar-refractivity contribution in [2.75, 3.05) is 25.6 Å². The molecule has 2 aliphatic heterocycles. The van der Waals surface area contributed by atoms with Gasteiger partial charge >= 0.3 is 0 Å². The fourth-order valence-corrected chi connectivity index (χ4v) is 3.33. The van der Waals surface area contributed by atoms with Crippen LogP contribution >= 0.6 is 0 Å². The van der Waals surface area contributed by atoms with Gasteiger partial charge in [-0.1, -0.05) is 0 Å². The molecule has 0 aromatic heterocycles. The number of carbonyl (C=O) groups is 1. The summed E-state index contributed by atoms with van der Waals surface area (Å²) < 4.78 is 20.0. The van der Waals surface area contributed by atoms with E-state index in [9.17, 15) is 9.18 Å². The van der Waals surface area contributed by atoms with Gasteiger partial charge in [0.15, 0.2) is 0 Å². The molecule has 0 bridgehead atoms. The number of ether oxygens (including phenoxy) is 1. The van der Waals surface area contributed by atoms with Gasteiger partial charge in [0.25, 0.3) is 0 Å². The van der Waals surface area contributed by atoms with Crippen molar-refractivity contribution in [3.05, 3.63) is 29.1 Å². The van der Waals surface area contributed by atoms with E-state index in [1.807, 2.05) is 13.1 Å². The first-order chi connectivity index (χ1) is 10.2. The number of aryl methyl sites for hydroxylation is 1. The smallest absolute Gasteiger partial charge is 0.224 e. The van der Waals surface area contributed by atoms with Crippen molar-refractivity contribution in [3.8, 4) is 0 Å². The molecule has 3 rings (SSSR count). The maximum Gasteiger partial charge on any atom is 0.224 e. The normalized spacial score (nSPS) is 23.3. The number of halogens is 1. The molecule has 0 spiro atoms. The minimum atomic E-state index is -0.263. The maximum absolute atomic E-state index is 14.5. The fourth-order valence-electron chi connectivity index (χ4n) is 3.33. The zero-order chi connectivity index (χ0) is 14.8. The monoisotopic (exact) mass is 292 g/mol. The lowest BCUT2D eigenvalue weighted by molar-refractivity contribution is -0.116. The molecule has 5 heteroatoms. The number of anilines is 1. The van der Waals surface area contributed by atoms with E-state index in [4.69, 9.17) is 4.74 Å². The molecule has 1 amide bonds. The third kappa shape index (κ3) is 2.94. The minimum absolute atomic E-state index is 0.0412. The highest BCUT2D eigenvalue weighted by molar-refractivity contribution is 5.93. The first kappa shape index (κ1) is 14.5. The van der Waals surface area contributed by atoms with Gasteiger partial charge in [0.1, 0.15) is 5.82 Å². The molecule has 0 saturated carbocycles. The van der Waals surface area contributed by atoms with Crippen molar-refractivity contribution in [3.63, 3.8) is 0 Å². The molecule has 2 atom stereocenters. The van der Waals surface area contributed by atoms with Crippen molar-refractivity contribution >= 4 is 11.6 Å². The van der Waals surface area contributed by atoms with E-state index < -0.39 is 0 Å². The van der Waals surface area contributed by atoms with Crippen LogP contribution in [0.5, 0.6) is 0 Å². The molecular formula is C16H21FN2O2. The van der Waals surface area contributed by atoms with Crippen LogP contribution < -0.4 is 10.6 Å². The number of rotatable bonds is 3. The van der Waals surface area contributed by atoms with Crippen LogP contribution in [-0.4, -0.2) is 26.2 Å². The lowest BCUT2D eigenvalue weighted by atomic mass is 9.86. The van der Waals surface area contributed by atoms with Crippen molar-refractivity contribution in [1.82, 2.24) is 5.32 Å². The summed E-state index contributed by atoms with van der Waals surface area (Å²) in [5.41, 5.74) is 2.31. The Morgan fingerprint density at radius 1 is 1.43 bits per heavy atom. The molecule has 1 aromatic carbocycles. The van der Waals surface area contributed by atoms with E-state index in [1.165, 1.54) is 6.07 Å². The van der Waals surface area contributed by atoms with E-state index in [-0.39, 0.29) is 23.7 Å². The molecule has 2 heterocycles. The summed E-state index contributed by atoms with van der Waals surface area (Å²) in [5, 5.41) is 5.98. The Bertz CT molecular complexity index is 541. The van der Waals surface area contributed by atoms with Crippen molar-refractivity contribution in [2.45, 2.75) is 31.7 Å². The predicted molar refractivity (Wildman–Crippen MR) is 78.7 cm³/mol. The molecule has 0 aliphatic carbocycles. The Hall–Kier alpha value is -1.46. The van der Waals surface area contributed by atoms with Gasteiger partial charge in [-0.3, -0.25) is 4.79 Å². The number of carbonyl (C=O) groups excluding carboxylic acids is 1. The Balaban J connectivity index is 1.91. The number of hydrogen-bond donors (Lipinski definition) is 2. The van der Waals surface area contributed by atoms with Crippen molar-refractivity contribution in [1.29, 1.82) is 0 Å². The third-order valence-electron chi connectivity index (χ3n) is 4.43.